The highest BCUT2D eigenvalue weighted by atomic mass is 16.3. The number of anilines is 1. The fourth-order valence-corrected chi connectivity index (χ4v) is 6.44. The Morgan fingerprint density at radius 3 is 2.23 bits per heavy atom. The number of carbonyl (C=O) groups is 3. The smallest absolute Gasteiger partial charge is 0.255 e. The highest BCUT2D eigenvalue weighted by molar-refractivity contribution is 6.22. The molecule has 1 fully saturated rings. The van der Waals surface area contributed by atoms with Gasteiger partial charge in [0.1, 0.15) is 22.8 Å². The topological polar surface area (TPSA) is 161 Å². The van der Waals surface area contributed by atoms with E-state index in [-0.39, 0.29) is 41.6 Å². The Morgan fingerprint density at radius 1 is 1.05 bits per heavy atom. The lowest BCUT2D eigenvalue weighted by molar-refractivity contribution is -0.147. The number of Topliss-reactive ketones (excluding diaryl/α,β-unsaturated/α-hetero) is 2. The van der Waals surface area contributed by atoms with Crippen molar-refractivity contribution in [3.63, 3.8) is 0 Å². The van der Waals surface area contributed by atoms with Gasteiger partial charge in [-0.15, -0.1) is 0 Å². The van der Waals surface area contributed by atoms with Crippen LogP contribution in [0, 0.1) is 11.8 Å². The summed E-state index contributed by atoms with van der Waals surface area (Å²) < 4.78 is 0. The monoisotopic (exact) mass is 546 g/mol. The standard InChI is InChI=1S/C31H34N2O7/c1-30(2,3)16-8-6-14(7-9-16)18-13-20(33(4)5)19-11-15-10-17-12-21(34)24(29(32)39)28(38)31(17,40)27(37)22(15)26(36)23(19)25(18)35/h6-9,13,15,17,35-36,38,40H,10-12H2,1-5H3,(H2,32,39). The molecule has 5 rings (SSSR count). The van der Waals surface area contributed by atoms with Crippen molar-refractivity contribution in [1.29, 1.82) is 0 Å². The first kappa shape index (κ1) is 27.5. The van der Waals surface area contributed by atoms with E-state index in [1.54, 1.807) is 0 Å². The van der Waals surface area contributed by atoms with Crippen LogP contribution in [0.5, 0.6) is 5.75 Å². The number of nitrogens with zero attached hydrogens (tertiary/aromatic N) is 1. The second-order valence-electron chi connectivity index (χ2n) is 12.3. The SMILES string of the molecule is CN(C)c1cc(-c2ccc(C(C)(C)C)cc2)c(O)c2c1CC1CC3CC(=O)C(C(N)=O)=C(O)C3(O)C(=O)C1=C2O. The van der Waals surface area contributed by atoms with Gasteiger partial charge in [0.05, 0.1) is 5.56 Å². The van der Waals surface area contributed by atoms with Crippen molar-refractivity contribution in [2.45, 2.75) is 51.0 Å². The lowest BCUT2D eigenvalue weighted by Crippen LogP contribution is -2.58. The van der Waals surface area contributed by atoms with E-state index >= 15 is 0 Å². The minimum atomic E-state index is -2.59. The van der Waals surface area contributed by atoms with Crippen LogP contribution in [0.3, 0.4) is 0 Å². The third kappa shape index (κ3) is 3.83. The number of primary amides is 1. The average Bonchev–Trinajstić information content (AvgIpc) is 2.85. The predicted molar refractivity (Wildman–Crippen MR) is 150 cm³/mol. The molecular formula is C31H34N2O7. The minimum Gasteiger partial charge on any atom is -0.508 e. The number of phenols is 1. The number of aromatic hydroxyl groups is 1. The van der Waals surface area contributed by atoms with E-state index < -0.39 is 52.0 Å². The van der Waals surface area contributed by atoms with Gasteiger partial charge >= 0.3 is 0 Å². The van der Waals surface area contributed by atoms with Crippen LogP contribution < -0.4 is 10.6 Å². The van der Waals surface area contributed by atoms with Gasteiger partial charge in [-0.2, -0.15) is 0 Å². The Hall–Kier alpha value is -4.11. The number of hydrogen-bond donors (Lipinski definition) is 5. The molecule has 3 aliphatic rings. The lowest BCUT2D eigenvalue weighted by Gasteiger charge is -2.46. The van der Waals surface area contributed by atoms with Gasteiger partial charge in [-0.1, -0.05) is 45.0 Å². The van der Waals surface area contributed by atoms with Crippen molar-refractivity contribution in [3.8, 4) is 16.9 Å². The molecule has 3 aliphatic carbocycles. The van der Waals surface area contributed by atoms with Gasteiger partial charge in [-0.25, -0.2) is 0 Å². The number of fused-ring (bicyclic) bond motifs is 3. The molecule has 2 aromatic carbocycles. The van der Waals surface area contributed by atoms with E-state index in [2.05, 4.69) is 20.8 Å². The highest BCUT2D eigenvalue weighted by Crippen LogP contribution is 2.54. The molecule has 0 radical (unpaired) electrons. The summed E-state index contributed by atoms with van der Waals surface area (Å²) in [7, 11) is 3.68. The maximum absolute atomic E-state index is 13.8. The number of phenolic OH excluding ortho intramolecular Hbond substituents is 1. The lowest BCUT2D eigenvalue weighted by atomic mass is 9.59. The predicted octanol–water partition coefficient (Wildman–Crippen LogP) is 3.45. The molecule has 1 saturated carbocycles. The fourth-order valence-electron chi connectivity index (χ4n) is 6.44. The number of hydrogen-bond acceptors (Lipinski definition) is 8. The third-order valence-electron chi connectivity index (χ3n) is 8.58. The van der Waals surface area contributed by atoms with E-state index in [0.717, 1.165) is 11.3 Å². The van der Waals surface area contributed by atoms with Crippen molar-refractivity contribution in [3.05, 3.63) is 63.9 Å². The van der Waals surface area contributed by atoms with Crippen molar-refractivity contribution in [2.24, 2.45) is 17.6 Å². The molecule has 0 aliphatic heterocycles. The number of nitrogens with two attached hydrogens (primary N) is 1. The molecule has 9 heteroatoms. The van der Waals surface area contributed by atoms with Crippen LogP contribution in [-0.2, 0) is 26.2 Å². The number of aliphatic hydroxyl groups excluding tert-OH is 2. The largest absolute Gasteiger partial charge is 0.508 e. The second kappa shape index (κ2) is 8.96. The molecule has 40 heavy (non-hydrogen) atoms. The Bertz CT molecular complexity index is 1540. The van der Waals surface area contributed by atoms with Crippen LogP contribution >= 0.6 is 0 Å². The molecule has 0 saturated heterocycles. The van der Waals surface area contributed by atoms with Crippen LogP contribution in [0.2, 0.25) is 0 Å². The van der Waals surface area contributed by atoms with E-state index in [1.807, 2.05) is 49.3 Å². The van der Waals surface area contributed by atoms with Crippen LogP contribution in [0.4, 0.5) is 5.69 Å². The number of rotatable bonds is 3. The molecular weight excluding hydrogens is 512 g/mol. The van der Waals surface area contributed by atoms with Gasteiger partial charge in [0.15, 0.2) is 11.4 Å². The van der Waals surface area contributed by atoms with Gasteiger partial charge in [-0.05, 0) is 46.9 Å². The zero-order valence-electron chi connectivity index (χ0n) is 23.2. The number of benzene rings is 2. The number of amides is 1. The highest BCUT2D eigenvalue weighted by Gasteiger charge is 2.60. The Morgan fingerprint density at radius 2 is 1.68 bits per heavy atom. The zero-order chi connectivity index (χ0) is 29.5. The van der Waals surface area contributed by atoms with Crippen LogP contribution in [0.25, 0.3) is 16.9 Å². The van der Waals surface area contributed by atoms with Crippen LogP contribution in [-0.4, -0.2) is 57.6 Å². The van der Waals surface area contributed by atoms with Gasteiger partial charge in [0.2, 0.25) is 5.78 Å². The summed E-state index contributed by atoms with van der Waals surface area (Å²) in [5.41, 5.74) is 5.36. The molecule has 0 bridgehead atoms. The average molecular weight is 547 g/mol. The Kier molecular flexibility index (Phi) is 6.15. The molecule has 1 amide bonds. The first-order valence-electron chi connectivity index (χ1n) is 13.2. The minimum absolute atomic E-state index is 0.0690. The van der Waals surface area contributed by atoms with Gasteiger partial charge in [0.25, 0.3) is 5.91 Å². The normalized spacial score (nSPS) is 24.4. The summed E-state index contributed by atoms with van der Waals surface area (Å²) in [4.78, 5) is 40.1. The molecule has 2 aromatic rings. The first-order chi connectivity index (χ1) is 18.6. The summed E-state index contributed by atoms with van der Waals surface area (Å²) in [6, 6.07) is 9.59. The summed E-state index contributed by atoms with van der Waals surface area (Å²) in [5, 5.41) is 45.3. The molecule has 6 N–H and O–H groups in total. The van der Waals surface area contributed by atoms with E-state index in [0.29, 0.717) is 16.7 Å². The van der Waals surface area contributed by atoms with Crippen LogP contribution in [0.1, 0.15) is 50.3 Å². The summed E-state index contributed by atoms with van der Waals surface area (Å²) >= 11 is 0. The molecule has 9 nitrogen and oxygen atoms in total. The zero-order valence-corrected chi connectivity index (χ0v) is 23.2. The Balaban J connectivity index is 1.71. The second-order valence-corrected chi connectivity index (χ2v) is 12.3. The molecule has 3 atom stereocenters. The maximum atomic E-state index is 13.8. The third-order valence-corrected chi connectivity index (χ3v) is 8.58. The fraction of sp³-hybridized carbons (Fsp3) is 0.387. The number of carbonyl (C=O) groups excluding carboxylic acids is 3. The number of aliphatic hydroxyl groups is 3. The van der Waals surface area contributed by atoms with E-state index in [4.69, 9.17) is 5.73 Å². The molecule has 210 valence electrons. The van der Waals surface area contributed by atoms with Crippen molar-refractivity contribution < 1.29 is 34.8 Å². The number of ketones is 2. The molecule has 0 spiro atoms. The Labute approximate surface area is 232 Å². The van der Waals surface area contributed by atoms with Crippen molar-refractivity contribution >= 4 is 28.9 Å². The molecule has 0 heterocycles. The quantitative estimate of drug-likeness (QED) is 0.366. The maximum Gasteiger partial charge on any atom is 0.255 e. The van der Waals surface area contributed by atoms with Crippen molar-refractivity contribution in [2.75, 3.05) is 19.0 Å². The molecule has 0 aromatic heterocycles. The summed E-state index contributed by atoms with van der Waals surface area (Å²) in [5.74, 6) is -6.38. The van der Waals surface area contributed by atoms with E-state index in [1.165, 1.54) is 0 Å². The summed E-state index contributed by atoms with van der Waals surface area (Å²) in [6.45, 7) is 6.30. The van der Waals surface area contributed by atoms with Gasteiger partial charge in [0, 0.05) is 43.3 Å². The van der Waals surface area contributed by atoms with Gasteiger partial charge in [-0.3, -0.25) is 14.4 Å². The van der Waals surface area contributed by atoms with Crippen LogP contribution in [0.15, 0.2) is 47.2 Å². The van der Waals surface area contributed by atoms with Crippen molar-refractivity contribution in [1.82, 2.24) is 0 Å². The first-order valence-corrected chi connectivity index (χ1v) is 13.2. The van der Waals surface area contributed by atoms with Gasteiger partial charge < -0.3 is 31.1 Å². The van der Waals surface area contributed by atoms with E-state index in [9.17, 15) is 34.8 Å². The molecule has 3 unspecified atom stereocenters. The summed E-state index contributed by atoms with van der Waals surface area (Å²) in [6.07, 6.45) is -0.0114.